The smallest absolute Gasteiger partial charge is 0.222 e. The van der Waals surface area contributed by atoms with Crippen LogP contribution in [-0.4, -0.2) is 5.16 Å². The maximum absolute atomic E-state index is 5.46. The predicted octanol–water partition coefficient (Wildman–Crippen LogP) is 2.16. The molecule has 1 saturated carbocycles. The Kier molecular flexibility index (Phi) is 1.79. The van der Waals surface area contributed by atoms with Gasteiger partial charge in [0.25, 0.3) is 0 Å². The highest BCUT2D eigenvalue weighted by molar-refractivity contribution is 5.27. The third-order valence-electron chi connectivity index (χ3n) is 2.79. The minimum atomic E-state index is 0.434. The molecule has 1 heterocycles. The van der Waals surface area contributed by atoms with Crippen molar-refractivity contribution in [3.05, 3.63) is 11.8 Å². The van der Waals surface area contributed by atoms with Gasteiger partial charge in [-0.25, -0.2) is 0 Å². The van der Waals surface area contributed by atoms with Crippen LogP contribution in [-0.2, 0) is 0 Å². The van der Waals surface area contributed by atoms with Crippen LogP contribution in [0.2, 0.25) is 0 Å². The normalized spacial score (nSPS) is 29.4. The predicted molar refractivity (Wildman–Crippen MR) is 46.7 cm³/mol. The fraction of sp³-hybridized carbons (Fsp3) is 0.667. The summed E-state index contributed by atoms with van der Waals surface area (Å²) < 4.78 is 4.85. The van der Waals surface area contributed by atoms with E-state index in [1.165, 1.54) is 19.3 Å². The molecule has 0 aliphatic heterocycles. The Hall–Kier alpha value is -0.990. The van der Waals surface area contributed by atoms with Gasteiger partial charge in [-0.3, -0.25) is 0 Å². The van der Waals surface area contributed by atoms with Gasteiger partial charge < -0.3 is 10.3 Å². The summed E-state index contributed by atoms with van der Waals surface area (Å²) in [5.41, 5.74) is 6.50. The van der Waals surface area contributed by atoms with Gasteiger partial charge in [-0.15, -0.1) is 0 Å². The lowest BCUT2D eigenvalue weighted by molar-refractivity contribution is 0.407. The van der Waals surface area contributed by atoms with Crippen molar-refractivity contribution < 1.29 is 4.52 Å². The third kappa shape index (κ3) is 1.19. The Morgan fingerprint density at radius 1 is 1.58 bits per heavy atom. The van der Waals surface area contributed by atoms with Crippen molar-refractivity contribution in [1.29, 1.82) is 0 Å². The molecule has 2 N–H and O–H groups in total. The van der Waals surface area contributed by atoms with Gasteiger partial charge in [-0.05, 0) is 12.3 Å². The zero-order valence-electron chi connectivity index (χ0n) is 7.29. The van der Waals surface area contributed by atoms with Crippen LogP contribution in [0.5, 0.6) is 0 Å². The fourth-order valence-corrected chi connectivity index (χ4v) is 2.06. The lowest BCUT2D eigenvalue weighted by Gasteiger charge is -2.10. The maximum Gasteiger partial charge on any atom is 0.222 e. The highest BCUT2D eigenvalue weighted by atomic mass is 16.5. The number of nitrogens with two attached hydrogens (primary N) is 1. The molecule has 2 rings (SSSR count). The van der Waals surface area contributed by atoms with E-state index < -0.39 is 0 Å². The molecule has 3 heteroatoms. The summed E-state index contributed by atoms with van der Waals surface area (Å²) in [6.45, 7) is 2.27. The van der Waals surface area contributed by atoms with Gasteiger partial charge in [0.05, 0.1) is 5.69 Å². The lowest BCUT2D eigenvalue weighted by Crippen LogP contribution is -2.01. The van der Waals surface area contributed by atoms with Crippen molar-refractivity contribution in [3.8, 4) is 0 Å². The molecule has 2 atom stereocenters. The summed E-state index contributed by atoms with van der Waals surface area (Å²) in [7, 11) is 0. The highest BCUT2D eigenvalue weighted by Crippen LogP contribution is 2.38. The average molecular weight is 166 g/mol. The Bertz CT molecular complexity index is 269. The van der Waals surface area contributed by atoms with Gasteiger partial charge in [0, 0.05) is 12.0 Å². The number of hydrogen-bond acceptors (Lipinski definition) is 3. The van der Waals surface area contributed by atoms with E-state index >= 15 is 0 Å². The first-order valence-electron chi connectivity index (χ1n) is 4.49. The first-order valence-corrected chi connectivity index (χ1v) is 4.49. The van der Waals surface area contributed by atoms with E-state index in [1.54, 1.807) is 0 Å². The largest absolute Gasteiger partial charge is 0.368 e. The zero-order valence-corrected chi connectivity index (χ0v) is 7.29. The number of nitrogen functional groups attached to an aromatic ring is 1. The van der Waals surface area contributed by atoms with Crippen LogP contribution < -0.4 is 5.73 Å². The summed E-state index contributed by atoms with van der Waals surface area (Å²) in [6.07, 6.45) is 3.84. The second-order valence-electron chi connectivity index (χ2n) is 3.67. The Balaban J connectivity index is 2.19. The van der Waals surface area contributed by atoms with Crippen LogP contribution in [0.15, 0.2) is 10.6 Å². The molecule has 0 spiro atoms. The monoisotopic (exact) mass is 166 g/mol. The van der Waals surface area contributed by atoms with Crippen molar-refractivity contribution in [2.45, 2.75) is 32.1 Å². The molecule has 2 unspecified atom stereocenters. The van der Waals surface area contributed by atoms with E-state index in [4.69, 9.17) is 10.3 Å². The number of rotatable bonds is 1. The molecule has 3 nitrogen and oxygen atoms in total. The molecule has 66 valence electrons. The van der Waals surface area contributed by atoms with Gasteiger partial charge in [0.2, 0.25) is 5.88 Å². The van der Waals surface area contributed by atoms with Crippen LogP contribution in [0, 0.1) is 5.92 Å². The molecule has 0 radical (unpaired) electrons. The van der Waals surface area contributed by atoms with Gasteiger partial charge in [0.1, 0.15) is 0 Å². The van der Waals surface area contributed by atoms with Crippen LogP contribution in [0.1, 0.15) is 37.8 Å². The van der Waals surface area contributed by atoms with Crippen LogP contribution >= 0.6 is 0 Å². The quantitative estimate of drug-likeness (QED) is 0.695. The molecule has 12 heavy (non-hydrogen) atoms. The number of anilines is 1. The molecule has 1 fully saturated rings. The fourth-order valence-electron chi connectivity index (χ4n) is 2.06. The Morgan fingerprint density at radius 3 is 2.92 bits per heavy atom. The van der Waals surface area contributed by atoms with E-state index in [9.17, 15) is 0 Å². The number of hydrogen-bond donors (Lipinski definition) is 1. The zero-order chi connectivity index (χ0) is 8.55. The van der Waals surface area contributed by atoms with Gasteiger partial charge in [0.15, 0.2) is 0 Å². The summed E-state index contributed by atoms with van der Waals surface area (Å²) in [6, 6.07) is 1.85. The minimum Gasteiger partial charge on any atom is -0.368 e. The minimum absolute atomic E-state index is 0.434. The van der Waals surface area contributed by atoms with Crippen molar-refractivity contribution >= 4 is 5.88 Å². The molecule has 0 aromatic carbocycles. The van der Waals surface area contributed by atoms with Gasteiger partial charge in [-0.1, -0.05) is 24.9 Å². The van der Waals surface area contributed by atoms with Gasteiger partial charge >= 0.3 is 0 Å². The van der Waals surface area contributed by atoms with Crippen LogP contribution in [0.4, 0.5) is 5.88 Å². The third-order valence-corrected chi connectivity index (χ3v) is 2.79. The van der Waals surface area contributed by atoms with Crippen LogP contribution in [0.25, 0.3) is 0 Å². The van der Waals surface area contributed by atoms with Crippen molar-refractivity contribution in [3.63, 3.8) is 0 Å². The van der Waals surface area contributed by atoms with E-state index in [2.05, 4.69) is 12.1 Å². The van der Waals surface area contributed by atoms with Gasteiger partial charge in [-0.2, -0.15) is 0 Å². The summed E-state index contributed by atoms with van der Waals surface area (Å²) in [4.78, 5) is 0. The molecule has 1 aromatic rings. The maximum atomic E-state index is 5.46. The van der Waals surface area contributed by atoms with E-state index in [0.717, 1.165) is 11.6 Å². The lowest BCUT2D eigenvalue weighted by atomic mass is 9.95. The summed E-state index contributed by atoms with van der Waals surface area (Å²) >= 11 is 0. The molecule has 1 aromatic heterocycles. The molecule has 1 aliphatic carbocycles. The first-order chi connectivity index (χ1) is 5.77. The average Bonchev–Trinajstić information content (AvgIpc) is 2.58. The Morgan fingerprint density at radius 2 is 2.42 bits per heavy atom. The second kappa shape index (κ2) is 2.81. The molecule has 0 saturated heterocycles. The van der Waals surface area contributed by atoms with Crippen LogP contribution in [0.3, 0.4) is 0 Å². The number of aromatic nitrogens is 1. The number of nitrogens with zero attached hydrogens (tertiary/aromatic N) is 1. The topological polar surface area (TPSA) is 52.0 Å². The van der Waals surface area contributed by atoms with Crippen molar-refractivity contribution in [2.75, 3.05) is 5.73 Å². The summed E-state index contributed by atoms with van der Waals surface area (Å²) in [5, 5.41) is 3.95. The first kappa shape index (κ1) is 7.65. The molecular formula is C9H14N2O. The molecule has 0 bridgehead atoms. The summed E-state index contributed by atoms with van der Waals surface area (Å²) in [5.74, 6) is 1.74. The van der Waals surface area contributed by atoms with Crippen molar-refractivity contribution in [1.82, 2.24) is 5.16 Å². The molecular weight excluding hydrogens is 152 g/mol. The second-order valence-corrected chi connectivity index (χ2v) is 3.67. The van der Waals surface area contributed by atoms with E-state index in [-0.39, 0.29) is 0 Å². The molecule has 1 aliphatic rings. The van der Waals surface area contributed by atoms with E-state index in [1.807, 2.05) is 6.07 Å². The molecule has 0 amide bonds. The van der Waals surface area contributed by atoms with Crippen molar-refractivity contribution in [2.24, 2.45) is 5.92 Å². The Labute approximate surface area is 71.9 Å². The SMILES string of the molecule is CC1CCCC1c1cc(N)on1. The van der Waals surface area contributed by atoms with E-state index in [0.29, 0.717) is 11.8 Å². The highest BCUT2D eigenvalue weighted by Gasteiger charge is 2.27. The standard InChI is InChI=1S/C9H14N2O/c1-6-3-2-4-7(6)8-5-9(10)12-11-8/h5-7H,2-4,10H2,1H3.